The minimum Gasteiger partial charge on any atom is -0.465 e. The van der Waals surface area contributed by atoms with Gasteiger partial charge in [0.05, 0.1) is 5.69 Å². The van der Waals surface area contributed by atoms with Gasteiger partial charge in [-0.2, -0.15) is 0 Å². The van der Waals surface area contributed by atoms with Crippen LogP contribution in [0.4, 0.5) is 10.5 Å². The van der Waals surface area contributed by atoms with Gasteiger partial charge in [0.25, 0.3) is 0 Å². The molecule has 0 atom stereocenters. The van der Waals surface area contributed by atoms with Crippen molar-refractivity contribution in [1.82, 2.24) is 0 Å². The fraction of sp³-hybridized carbons (Fsp3) is 0.364. The first kappa shape index (κ1) is 12.0. The zero-order chi connectivity index (χ0) is 11.6. The molecule has 0 bridgehead atoms. The van der Waals surface area contributed by atoms with Crippen molar-refractivity contribution in [2.24, 2.45) is 0 Å². The molecule has 2 N–H and O–H groups in total. The Morgan fingerprint density at radius 3 is 2.47 bits per heavy atom. The minimum atomic E-state index is -1.05. The summed E-state index contributed by atoms with van der Waals surface area (Å²) >= 11 is 3.42. The molecule has 1 aromatic rings. The van der Waals surface area contributed by atoms with Gasteiger partial charge in [-0.15, -0.1) is 0 Å². The van der Waals surface area contributed by atoms with Gasteiger partial charge < -0.3 is 5.11 Å². The van der Waals surface area contributed by atoms with Crippen LogP contribution in [-0.4, -0.2) is 11.2 Å². The molecule has 0 radical (unpaired) electrons. The summed E-state index contributed by atoms with van der Waals surface area (Å²) in [5.41, 5.74) is 1.64. The third kappa shape index (κ3) is 2.96. The quantitative estimate of drug-likeness (QED) is 0.816. The Balaban J connectivity index is 3.17. The van der Waals surface area contributed by atoms with Crippen LogP contribution >= 0.6 is 15.9 Å². The van der Waals surface area contributed by atoms with Gasteiger partial charge in [-0.25, -0.2) is 4.79 Å². The van der Waals surface area contributed by atoms with Crippen molar-refractivity contribution in [2.75, 3.05) is 5.32 Å². The van der Waals surface area contributed by atoms with Crippen molar-refractivity contribution in [3.63, 3.8) is 0 Å². The van der Waals surface area contributed by atoms with Crippen LogP contribution in [0.3, 0.4) is 0 Å². The van der Waals surface area contributed by atoms with Crippen LogP contribution in [0.2, 0.25) is 0 Å². The largest absolute Gasteiger partial charge is 0.465 e. The van der Waals surface area contributed by atoms with E-state index in [9.17, 15) is 4.79 Å². The number of carbonyl (C=O) groups is 1. The molecule has 82 valence electrons. The number of hydrogen-bond acceptors (Lipinski definition) is 1. The molecule has 0 spiro atoms. The molecule has 0 aliphatic heterocycles. The first-order valence-corrected chi connectivity index (χ1v) is 5.40. The van der Waals surface area contributed by atoms with Crippen molar-refractivity contribution in [2.45, 2.75) is 26.2 Å². The summed E-state index contributed by atoms with van der Waals surface area (Å²) in [5, 5.41) is 11.0. The maximum absolute atomic E-state index is 10.5. The van der Waals surface area contributed by atoms with E-state index in [2.05, 4.69) is 42.0 Å². The molecule has 0 aliphatic rings. The van der Waals surface area contributed by atoms with E-state index in [1.165, 1.54) is 0 Å². The highest BCUT2D eigenvalue weighted by molar-refractivity contribution is 9.10. The maximum Gasteiger partial charge on any atom is 0.409 e. The molecule has 4 heteroatoms. The lowest BCUT2D eigenvalue weighted by Crippen LogP contribution is -2.14. The monoisotopic (exact) mass is 271 g/mol. The van der Waals surface area contributed by atoms with Gasteiger partial charge in [0.15, 0.2) is 0 Å². The summed E-state index contributed by atoms with van der Waals surface area (Å²) in [6, 6.07) is 5.56. The van der Waals surface area contributed by atoms with Crippen LogP contribution in [0.5, 0.6) is 0 Å². The Morgan fingerprint density at radius 1 is 1.40 bits per heavy atom. The van der Waals surface area contributed by atoms with Gasteiger partial charge in [-0.05, 0) is 33.0 Å². The van der Waals surface area contributed by atoms with Crippen LogP contribution in [-0.2, 0) is 5.41 Å². The summed E-state index contributed by atoms with van der Waals surface area (Å²) < 4.78 is 0.805. The summed E-state index contributed by atoms with van der Waals surface area (Å²) in [6.07, 6.45) is -1.05. The van der Waals surface area contributed by atoms with Crippen molar-refractivity contribution >= 4 is 27.7 Å². The molecule has 1 aromatic carbocycles. The Bertz CT molecular complexity index is 383. The van der Waals surface area contributed by atoms with E-state index in [-0.39, 0.29) is 5.41 Å². The lowest BCUT2D eigenvalue weighted by molar-refractivity contribution is 0.209. The molecule has 0 aromatic heterocycles. The van der Waals surface area contributed by atoms with E-state index in [4.69, 9.17) is 5.11 Å². The number of amides is 1. The van der Waals surface area contributed by atoms with Crippen LogP contribution in [0.15, 0.2) is 22.7 Å². The van der Waals surface area contributed by atoms with Gasteiger partial charge >= 0.3 is 6.09 Å². The number of anilines is 1. The number of benzene rings is 1. The van der Waals surface area contributed by atoms with Crippen molar-refractivity contribution in [3.05, 3.63) is 28.2 Å². The summed E-state index contributed by atoms with van der Waals surface area (Å²) in [4.78, 5) is 10.5. The molecule has 1 amide bonds. The molecular weight excluding hydrogens is 258 g/mol. The number of rotatable bonds is 1. The highest BCUT2D eigenvalue weighted by atomic mass is 79.9. The zero-order valence-electron chi connectivity index (χ0n) is 8.97. The normalized spacial score (nSPS) is 11.2. The van der Waals surface area contributed by atoms with E-state index >= 15 is 0 Å². The maximum atomic E-state index is 10.5. The van der Waals surface area contributed by atoms with Crippen LogP contribution in [0.25, 0.3) is 0 Å². The third-order valence-corrected chi connectivity index (χ3v) is 2.90. The fourth-order valence-corrected chi connectivity index (χ4v) is 2.28. The second-order valence-corrected chi connectivity index (χ2v) is 5.14. The number of hydrogen-bond donors (Lipinski definition) is 2. The van der Waals surface area contributed by atoms with Gasteiger partial charge in [0, 0.05) is 4.47 Å². The zero-order valence-corrected chi connectivity index (χ0v) is 10.6. The topological polar surface area (TPSA) is 49.3 Å². The number of nitrogens with one attached hydrogen (secondary N) is 1. The molecular formula is C11H14BrNO2. The smallest absolute Gasteiger partial charge is 0.409 e. The fourth-order valence-electron chi connectivity index (χ4n) is 1.32. The standard InChI is InChI=1S/C11H14BrNO2/c1-11(2,3)7-5-4-6-8(9(7)12)13-10(14)15/h4-6,13H,1-3H3,(H,14,15). The Labute approximate surface area is 97.6 Å². The summed E-state index contributed by atoms with van der Waals surface area (Å²) in [6.45, 7) is 6.24. The molecule has 0 aliphatic carbocycles. The van der Waals surface area contributed by atoms with Crippen molar-refractivity contribution in [3.8, 4) is 0 Å². The summed E-state index contributed by atoms with van der Waals surface area (Å²) in [5.74, 6) is 0. The predicted molar refractivity (Wildman–Crippen MR) is 64.5 cm³/mol. The van der Waals surface area contributed by atoms with E-state index < -0.39 is 6.09 Å². The number of carboxylic acid groups (broad SMARTS) is 1. The van der Waals surface area contributed by atoms with Crippen LogP contribution < -0.4 is 5.32 Å². The SMILES string of the molecule is CC(C)(C)c1cccc(NC(=O)O)c1Br. The van der Waals surface area contributed by atoms with Crippen LogP contribution in [0.1, 0.15) is 26.3 Å². The Hall–Kier alpha value is -1.03. The molecule has 3 nitrogen and oxygen atoms in total. The molecule has 15 heavy (non-hydrogen) atoms. The second-order valence-electron chi connectivity index (χ2n) is 4.35. The minimum absolute atomic E-state index is 0.0188. The molecule has 0 saturated carbocycles. The molecule has 1 rings (SSSR count). The highest BCUT2D eigenvalue weighted by Gasteiger charge is 2.18. The lowest BCUT2D eigenvalue weighted by atomic mass is 9.87. The van der Waals surface area contributed by atoms with E-state index in [0.29, 0.717) is 5.69 Å². The van der Waals surface area contributed by atoms with Gasteiger partial charge in [-0.3, -0.25) is 5.32 Å². The van der Waals surface area contributed by atoms with E-state index in [1.807, 2.05) is 12.1 Å². The first-order valence-electron chi connectivity index (χ1n) is 4.61. The van der Waals surface area contributed by atoms with Gasteiger partial charge in [0.2, 0.25) is 0 Å². The van der Waals surface area contributed by atoms with Gasteiger partial charge in [0.1, 0.15) is 0 Å². The average molecular weight is 272 g/mol. The lowest BCUT2D eigenvalue weighted by Gasteiger charge is -2.22. The van der Waals surface area contributed by atoms with Crippen molar-refractivity contribution in [1.29, 1.82) is 0 Å². The Kier molecular flexibility index (Phi) is 3.39. The number of halogens is 1. The molecule has 0 fully saturated rings. The Morgan fingerprint density at radius 2 is 2.00 bits per heavy atom. The predicted octanol–water partition coefficient (Wildman–Crippen LogP) is 3.84. The highest BCUT2D eigenvalue weighted by Crippen LogP contribution is 2.34. The molecule has 0 saturated heterocycles. The van der Waals surface area contributed by atoms with Gasteiger partial charge in [-0.1, -0.05) is 32.9 Å². The molecule has 0 heterocycles. The van der Waals surface area contributed by atoms with Crippen molar-refractivity contribution < 1.29 is 9.90 Å². The second kappa shape index (κ2) is 4.23. The van der Waals surface area contributed by atoms with E-state index in [0.717, 1.165) is 10.0 Å². The van der Waals surface area contributed by atoms with Crippen LogP contribution in [0, 0.1) is 0 Å². The molecule has 0 unspecified atom stereocenters. The average Bonchev–Trinajstić information content (AvgIpc) is 2.05. The third-order valence-electron chi connectivity index (χ3n) is 2.05. The van der Waals surface area contributed by atoms with E-state index in [1.54, 1.807) is 6.07 Å². The summed E-state index contributed by atoms with van der Waals surface area (Å²) in [7, 11) is 0. The first-order chi connectivity index (χ1) is 6.82.